The fourth-order valence-corrected chi connectivity index (χ4v) is 5.25. The molecule has 0 fully saturated rings. The van der Waals surface area contributed by atoms with E-state index in [9.17, 15) is 25.7 Å². The van der Waals surface area contributed by atoms with Crippen molar-refractivity contribution in [1.29, 1.82) is 0 Å². The molecule has 0 aliphatic heterocycles. The summed E-state index contributed by atoms with van der Waals surface area (Å²) in [7, 11) is 1.70. The van der Waals surface area contributed by atoms with Crippen molar-refractivity contribution in [2.75, 3.05) is 7.11 Å². The highest BCUT2D eigenvalue weighted by Gasteiger charge is 2.34. The van der Waals surface area contributed by atoms with Gasteiger partial charge in [-0.05, 0) is 112 Å². The first-order valence-corrected chi connectivity index (χ1v) is 18.4. The van der Waals surface area contributed by atoms with Crippen LogP contribution in [0.4, 0.5) is 25.7 Å². The molecule has 53 heavy (non-hydrogen) atoms. The standard InChI is InChI=1S/C20H22O.C19H18F4S.2C2H6BF/c1-5-7-16(12-15(3)6-2)17-8-9-19-14-20(21-4)11-10-18(19)13-17;1-3-6-15(12-18(13(2)24-23)19(20,21)22)17-10-9-14-7-4-5-8-16(14)11-17;2*1-3(2)4/h8-14H,2,5,7H2,1,3-4H3;4-5,7-12H,3,6H2,1-2H3;2*1-2H3/b16-12+;15-12+,18-13-;;. The van der Waals surface area contributed by atoms with Gasteiger partial charge in [0, 0.05) is 4.91 Å². The minimum atomic E-state index is -4.58. The van der Waals surface area contributed by atoms with E-state index in [2.05, 4.69) is 55.6 Å². The lowest BCUT2D eigenvalue weighted by atomic mass is 9.80. The normalized spacial score (nSPS) is 11.8. The largest absolute Gasteiger partial charge is 0.497 e. The summed E-state index contributed by atoms with van der Waals surface area (Å²) < 4.78 is 79.8. The smallest absolute Gasteiger partial charge is 0.417 e. The molecule has 0 spiro atoms. The second-order valence-electron chi connectivity index (χ2n) is 12.8. The zero-order valence-electron chi connectivity index (χ0n) is 32.4. The first-order chi connectivity index (χ1) is 25.0. The van der Waals surface area contributed by atoms with Crippen LogP contribution in [0, 0.1) is 0 Å². The Balaban J connectivity index is 0.000000443. The molecule has 4 aromatic carbocycles. The average molecular weight is 753 g/mol. The second-order valence-corrected chi connectivity index (χ2v) is 13.5. The van der Waals surface area contributed by atoms with Crippen LogP contribution >= 0.6 is 12.1 Å². The van der Waals surface area contributed by atoms with Gasteiger partial charge in [0.15, 0.2) is 0 Å². The molecular formula is C43H52B2F6OS. The Morgan fingerprint density at radius 1 is 0.736 bits per heavy atom. The molecule has 4 rings (SSSR count). The van der Waals surface area contributed by atoms with E-state index >= 15 is 0 Å². The number of hydrogen-bond acceptors (Lipinski definition) is 2. The maximum absolute atomic E-state index is 13.2. The van der Waals surface area contributed by atoms with Crippen molar-refractivity contribution >= 4 is 58.8 Å². The zero-order valence-corrected chi connectivity index (χ0v) is 33.3. The highest BCUT2D eigenvalue weighted by molar-refractivity contribution is 7.98. The van der Waals surface area contributed by atoms with Crippen LogP contribution < -0.4 is 4.74 Å². The van der Waals surface area contributed by atoms with E-state index in [-0.39, 0.29) is 17.1 Å². The molecule has 0 aliphatic rings. The SMILES string of the molecule is C=C=C(C)/C=C(\CCC)c1ccc2cc(OC)ccc2c1.CB(C)F.CB(C)F.CCC/C(=C\C(=C(/C)SF)C(F)(F)F)c1ccc2ccccc2c1. The van der Waals surface area contributed by atoms with E-state index in [1.807, 2.05) is 62.4 Å². The van der Waals surface area contributed by atoms with Gasteiger partial charge in [0.2, 0.25) is 0 Å². The summed E-state index contributed by atoms with van der Waals surface area (Å²) in [5.41, 5.74) is 7.00. The molecule has 0 radical (unpaired) electrons. The molecule has 0 amide bonds. The number of allylic oxidation sites excluding steroid dienone is 7. The lowest BCUT2D eigenvalue weighted by molar-refractivity contribution is -0.0885. The molecule has 0 saturated heterocycles. The van der Waals surface area contributed by atoms with Gasteiger partial charge in [-0.25, -0.2) is 0 Å². The molecule has 4 aromatic rings. The Morgan fingerprint density at radius 3 is 1.62 bits per heavy atom. The molecule has 0 atom stereocenters. The molecule has 0 aliphatic carbocycles. The van der Waals surface area contributed by atoms with Gasteiger partial charge in [-0.15, -0.1) is 5.73 Å². The molecule has 10 heteroatoms. The number of hydrogen-bond donors (Lipinski definition) is 0. The number of halogens is 6. The maximum Gasteiger partial charge on any atom is 0.417 e. The Kier molecular flexibility index (Phi) is 21.6. The molecule has 0 N–H and O–H groups in total. The highest BCUT2D eigenvalue weighted by Crippen LogP contribution is 2.37. The van der Waals surface area contributed by atoms with Crippen molar-refractivity contribution in [3.05, 3.63) is 131 Å². The first kappa shape index (κ1) is 47.0. The van der Waals surface area contributed by atoms with Gasteiger partial charge in [0.1, 0.15) is 5.75 Å². The summed E-state index contributed by atoms with van der Waals surface area (Å²) in [6.07, 6.45) is 2.04. The third-order valence-corrected chi connectivity index (χ3v) is 7.82. The van der Waals surface area contributed by atoms with Gasteiger partial charge in [-0.2, -0.15) is 17.1 Å². The third-order valence-electron chi connectivity index (χ3n) is 7.37. The zero-order chi connectivity index (χ0) is 40.1. The minimum absolute atomic E-state index is 0.367. The van der Waals surface area contributed by atoms with Crippen LogP contribution in [0.25, 0.3) is 32.7 Å². The van der Waals surface area contributed by atoms with Crippen molar-refractivity contribution in [3.8, 4) is 5.75 Å². The number of alkyl halides is 3. The van der Waals surface area contributed by atoms with Crippen molar-refractivity contribution in [1.82, 2.24) is 0 Å². The predicted octanol–water partition coefficient (Wildman–Crippen LogP) is 15.7. The van der Waals surface area contributed by atoms with Gasteiger partial charge < -0.3 is 13.4 Å². The predicted molar refractivity (Wildman–Crippen MR) is 223 cm³/mol. The molecule has 0 aromatic heterocycles. The van der Waals surface area contributed by atoms with Gasteiger partial charge in [0.05, 0.1) is 24.8 Å². The Hall–Kier alpha value is -4.00. The number of methoxy groups -OCH3 is 1. The summed E-state index contributed by atoms with van der Waals surface area (Å²) in [6, 6.07) is 26.0. The molecule has 0 unspecified atom stereocenters. The number of rotatable bonds is 10. The summed E-state index contributed by atoms with van der Waals surface area (Å²) in [5.74, 6) is 0.894. The Labute approximate surface area is 318 Å². The number of ether oxygens (including phenoxy) is 1. The van der Waals surface area contributed by atoms with Crippen molar-refractivity contribution in [3.63, 3.8) is 0 Å². The van der Waals surface area contributed by atoms with Gasteiger partial charge in [-0.3, -0.25) is 0 Å². The topological polar surface area (TPSA) is 9.23 Å². The van der Waals surface area contributed by atoms with E-state index in [1.54, 1.807) is 7.11 Å². The molecular weight excluding hydrogens is 700 g/mol. The van der Waals surface area contributed by atoms with Gasteiger partial charge >= 0.3 is 20.2 Å². The third kappa shape index (κ3) is 17.6. The van der Waals surface area contributed by atoms with Crippen LogP contribution in [-0.2, 0) is 0 Å². The summed E-state index contributed by atoms with van der Waals surface area (Å²) in [6.45, 7) is 15.7. The quantitative estimate of drug-likeness (QED) is 0.0691. The number of benzene rings is 4. The van der Waals surface area contributed by atoms with E-state index in [4.69, 9.17) is 4.74 Å². The lowest BCUT2D eigenvalue weighted by Crippen LogP contribution is -2.12. The lowest BCUT2D eigenvalue weighted by Gasteiger charge is -2.14. The minimum Gasteiger partial charge on any atom is -0.497 e. The van der Waals surface area contributed by atoms with Crippen LogP contribution in [0.15, 0.2) is 119 Å². The first-order valence-electron chi connectivity index (χ1n) is 17.7. The van der Waals surface area contributed by atoms with Crippen LogP contribution in [0.3, 0.4) is 0 Å². The van der Waals surface area contributed by atoms with Crippen molar-refractivity contribution in [2.45, 2.75) is 86.8 Å². The van der Waals surface area contributed by atoms with Crippen LogP contribution in [-0.4, -0.2) is 27.3 Å². The van der Waals surface area contributed by atoms with Crippen molar-refractivity contribution < 1.29 is 30.4 Å². The fourth-order valence-electron chi connectivity index (χ4n) is 4.99. The van der Waals surface area contributed by atoms with E-state index in [0.717, 1.165) is 53.5 Å². The van der Waals surface area contributed by atoms with Crippen LogP contribution in [0.2, 0.25) is 27.3 Å². The van der Waals surface area contributed by atoms with E-state index in [0.29, 0.717) is 18.4 Å². The van der Waals surface area contributed by atoms with Crippen LogP contribution in [0.5, 0.6) is 5.75 Å². The average Bonchev–Trinajstić information content (AvgIpc) is 3.11. The molecule has 0 saturated carbocycles. The Bertz CT molecular complexity index is 1860. The molecule has 284 valence electrons. The monoisotopic (exact) mass is 752 g/mol. The molecule has 0 heterocycles. The van der Waals surface area contributed by atoms with Crippen molar-refractivity contribution in [2.24, 2.45) is 0 Å². The fraction of sp³-hybridized carbons (Fsp3) is 0.326. The van der Waals surface area contributed by atoms with Gasteiger partial charge in [-0.1, -0.05) is 115 Å². The van der Waals surface area contributed by atoms with E-state index in [1.165, 1.54) is 49.2 Å². The summed E-state index contributed by atoms with van der Waals surface area (Å²) in [5, 5.41) is 4.42. The molecule has 0 bridgehead atoms. The van der Waals surface area contributed by atoms with Crippen LogP contribution in [0.1, 0.15) is 64.5 Å². The summed E-state index contributed by atoms with van der Waals surface area (Å²) in [4.78, 5) is -0.378. The second kappa shape index (κ2) is 24.3. The Morgan fingerprint density at radius 2 is 1.17 bits per heavy atom. The van der Waals surface area contributed by atoms with Gasteiger partial charge in [0.25, 0.3) is 0 Å². The van der Waals surface area contributed by atoms with E-state index < -0.39 is 25.7 Å². The highest BCUT2D eigenvalue weighted by atomic mass is 32.2. The number of fused-ring (bicyclic) bond motifs is 2. The molecule has 1 nitrogen and oxygen atoms in total. The summed E-state index contributed by atoms with van der Waals surface area (Å²) >= 11 is -0.367. The maximum atomic E-state index is 13.2.